The molecule has 2 atom stereocenters. The van der Waals surface area contributed by atoms with Crippen LogP contribution in [-0.4, -0.2) is 21.8 Å². The first kappa shape index (κ1) is 12.2. The van der Waals surface area contributed by atoms with E-state index in [-0.39, 0.29) is 0 Å². The molecule has 0 heterocycles. The standard InChI is InChI=1S/C10H18O3/c1-4-8(2)7-10(3,13)6-5-9(11)12/h5-6,8,13H,4,7H2,1-3H3,(H,11,12)/b6-5+. The molecule has 0 aliphatic heterocycles. The van der Waals surface area contributed by atoms with Gasteiger partial charge in [0.25, 0.3) is 0 Å². The maximum atomic E-state index is 10.2. The van der Waals surface area contributed by atoms with Crippen molar-refractivity contribution >= 4 is 5.97 Å². The van der Waals surface area contributed by atoms with E-state index in [9.17, 15) is 9.90 Å². The second kappa shape index (κ2) is 5.02. The quantitative estimate of drug-likeness (QED) is 0.644. The lowest BCUT2D eigenvalue weighted by atomic mass is 9.91. The summed E-state index contributed by atoms with van der Waals surface area (Å²) in [4.78, 5) is 10.2. The minimum Gasteiger partial charge on any atom is -0.478 e. The predicted octanol–water partition coefficient (Wildman–Crippen LogP) is 1.81. The van der Waals surface area contributed by atoms with Crippen LogP contribution in [0.15, 0.2) is 12.2 Å². The molecule has 0 saturated heterocycles. The summed E-state index contributed by atoms with van der Waals surface area (Å²) in [5.41, 5.74) is -1.01. The molecule has 2 N–H and O–H groups in total. The van der Waals surface area contributed by atoms with Crippen LogP contribution in [0.4, 0.5) is 0 Å². The molecule has 0 aliphatic carbocycles. The van der Waals surface area contributed by atoms with Crippen molar-refractivity contribution in [2.75, 3.05) is 0 Å². The molecule has 0 radical (unpaired) electrons. The molecular weight excluding hydrogens is 168 g/mol. The maximum Gasteiger partial charge on any atom is 0.328 e. The first-order valence-corrected chi connectivity index (χ1v) is 4.52. The highest BCUT2D eigenvalue weighted by Gasteiger charge is 2.19. The van der Waals surface area contributed by atoms with Crippen LogP contribution in [0.5, 0.6) is 0 Å². The van der Waals surface area contributed by atoms with Gasteiger partial charge in [0.2, 0.25) is 0 Å². The summed E-state index contributed by atoms with van der Waals surface area (Å²) in [5, 5.41) is 18.1. The van der Waals surface area contributed by atoms with Crippen molar-refractivity contribution in [2.24, 2.45) is 5.92 Å². The van der Waals surface area contributed by atoms with Gasteiger partial charge in [0.05, 0.1) is 5.60 Å². The van der Waals surface area contributed by atoms with Crippen molar-refractivity contribution in [2.45, 2.75) is 39.2 Å². The second-order valence-electron chi connectivity index (χ2n) is 3.75. The van der Waals surface area contributed by atoms with Crippen LogP contribution in [0.25, 0.3) is 0 Å². The fraction of sp³-hybridized carbons (Fsp3) is 0.700. The minimum absolute atomic E-state index is 0.397. The highest BCUT2D eigenvalue weighted by atomic mass is 16.4. The first-order chi connectivity index (χ1) is 5.87. The van der Waals surface area contributed by atoms with Gasteiger partial charge in [-0.15, -0.1) is 0 Å². The van der Waals surface area contributed by atoms with E-state index >= 15 is 0 Å². The summed E-state index contributed by atoms with van der Waals surface area (Å²) in [7, 11) is 0. The van der Waals surface area contributed by atoms with Crippen LogP contribution < -0.4 is 0 Å². The Kier molecular flexibility index (Phi) is 4.70. The van der Waals surface area contributed by atoms with E-state index < -0.39 is 11.6 Å². The van der Waals surface area contributed by atoms with Crippen LogP contribution in [0, 0.1) is 5.92 Å². The van der Waals surface area contributed by atoms with Gasteiger partial charge >= 0.3 is 5.97 Å². The molecular formula is C10H18O3. The molecule has 0 fully saturated rings. The number of hydrogen-bond donors (Lipinski definition) is 2. The van der Waals surface area contributed by atoms with Gasteiger partial charge in [0.1, 0.15) is 0 Å². The lowest BCUT2D eigenvalue weighted by Crippen LogP contribution is -2.24. The molecule has 0 aliphatic rings. The Bertz CT molecular complexity index is 194. The zero-order chi connectivity index (χ0) is 10.5. The normalized spacial score (nSPS) is 18.5. The largest absolute Gasteiger partial charge is 0.478 e. The van der Waals surface area contributed by atoms with Crippen LogP contribution in [0.3, 0.4) is 0 Å². The number of carboxylic acid groups (broad SMARTS) is 1. The lowest BCUT2D eigenvalue weighted by molar-refractivity contribution is -0.131. The molecule has 3 heteroatoms. The number of rotatable bonds is 5. The molecule has 0 aromatic rings. The summed E-state index contributed by atoms with van der Waals surface area (Å²) in [6, 6.07) is 0. The highest BCUT2D eigenvalue weighted by Crippen LogP contribution is 2.19. The fourth-order valence-corrected chi connectivity index (χ4v) is 1.17. The van der Waals surface area contributed by atoms with Crippen molar-refractivity contribution < 1.29 is 15.0 Å². The molecule has 76 valence electrons. The monoisotopic (exact) mass is 186 g/mol. The van der Waals surface area contributed by atoms with E-state index in [1.54, 1.807) is 6.92 Å². The molecule has 2 unspecified atom stereocenters. The van der Waals surface area contributed by atoms with Crippen molar-refractivity contribution in [3.8, 4) is 0 Å². The molecule has 0 amide bonds. The Morgan fingerprint density at radius 1 is 1.62 bits per heavy atom. The number of aliphatic carboxylic acids is 1. The zero-order valence-corrected chi connectivity index (χ0v) is 8.45. The molecule has 0 saturated carbocycles. The summed E-state index contributed by atoms with van der Waals surface area (Å²) < 4.78 is 0. The average Bonchev–Trinajstić information content (AvgIpc) is 2.00. The van der Waals surface area contributed by atoms with Gasteiger partial charge in [-0.2, -0.15) is 0 Å². The van der Waals surface area contributed by atoms with E-state index in [1.165, 1.54) is 6.08 Å². The van der Waals surface area contributed by atoms with Gasteiger partial charge in [-0.05, 0) is 25.3 Å². The number of hydrogen-bond acceptors (Lipinski definition) is 2. The summed E-state index contributed by atoms with van der Waals surface area (Å²) in [6.07, 6.45) is 3.90. The molecule has 0 aromatic carbocycles. The molecule has 0 rings (SSSR count). The predicted molar refractivity (Wildman–Crippen MR) is 51.5 cm³/mol. The Morgan fingerprint density at radius 2 is 2.15 bits per heavy atom. The molecule has 0 spiro atoms. The topological polar surface area (TPSA) is 57.5 Å². The van der Waals surface area contributed by atoms with Crippen molar-refractivity contribution in [1.29, 1.82) is 0 Å². The van der Waals surface area contributed by atoms with E-state index in [0.717, 1.165) is 12.5 Å². The molecule has 13 heavy (non-hydrogen) atoms. The minimum atomic E-state index is -1.02. The molecule has 0 bridgehead atoms. The second-order valence-corrected chi connectivity index (χ2v) is 3.75. The molecule has 0 aromatic heterocycles. The summed E-state index contributed by atoms with van der Waals surface area (Å²) >= 11 is 0. The zero-order valence-electron chi connectivity index (χ0n) is 8.45. The van der Waals surface area contributed by atoms with Crippen LogP contribution >= 0.6 is 0 Å². The van der Waals surface area contributed by atoms with E-state index in [4.69, 9.17) is 5.11 Å². The number of carbonyl (C=O) groups is 1. The average molecular weight is 186 g/mol. The van der Waals surface area contributed by atoms with Gasteiger partial charge in [0, 0.05) is 6.08 Å². The highest BCUT2D eigenvalue weighted by molar-refractivity contribution is 5.79. The Morgan fingerprint density at radius 3 is 2.54 bits per heavy atom. The van der Waals surface area contributed by atoms with Gasteiger partial charge < -0.3 is 10.2 Å². The van der Waals surface area contributed by atoms with Gasteiger partial charge in [-0.1, -0.05) is 20.3 Å². The SMILES string of the molecule is CCC(C)CC(C)(O)/C=C/C(=O)O. The van der Waals surface area contributed by atoms with Gasteiger partial charge in [-0.3, -0.25) is 0 Å². The Labute approximate surface area is 79.1 Å². The number of carboxylic acids is 1. The third kappa shape index (κ3) is 6.34. The lowest BCUT2D eigenvalue weighted by Gasteiger charge is -2.22. The van der Waals surface area contributed by atoms with Crippen molar-refractivity contribution in [1.82, 2.24) is 0 Å². The van der Waals surface area contributed by atoms with Gasteiger partial charge in [0.15, 0.2) is 0 Å². The summed E-state index contributed by atoms with van der Waals surface area (Å²) in [6.45, 7) is 5.70. The first-order valence-electron chi connectivity index (χ1n) is 4.52. The third-order valence-corrected chi connectivity index (χ3v) is 2.04. The van der Waals surface area contributed by atoms with Crippen LogP contribution in [0.1, 0.15) is 33.6 Å². The van der Waals surface area contributed by atoms with Gasteiger partial charge in [-0.25, -0.2) is 4.79 Å². The fourth-order valence-electron chi connectivity index (χ4n) is 1.17. The van der Waals surface area contributed by atoms with E-state index in [1.807, 2.05) is 13.8 Å². The van der Waals surface area contributed by atoms with Crippen molar-refractivity contribution in [3.05, 3.63) is 12.2 Å². The smallest absolute Gasteiger partial charge is 0.328 e. The van der Waals surface area contributed by atoms with Crippen molar-refractivity contribution in [3.63, 3.8) is 0 Å². The summed E-state index contributed by atoms with van der Waals surface area (Å²) in [5.74, 6) is -0.627. The number of aliphatic hydroxyl groups is 1. The van der Waals surface area contributed by atoms with E-state index in [0.29, 0.717) is 12.3 Å². The Balaban J connectivity index is 4.14. The Hall–Kier alpha value is -0.830. The van der Waals surface area contributed by atoms with E-state index in [2.05, 4.69) is 0 Å². The maximum absolute atomic E-state index is 10.2. The third-order valence-electron chi connectivity index (χ3n) is 2.04. The molecule has 3 nitrogen and oxygen atoms in total. The van der Waals surface area contributed by atoms with Crippen LogP contribution in [0.2, 0.25) is 0 Å². The van der Waals surface area contributed by atoms with Crippen LogP contribution in [-0.2, 0) is 4.79 Å².